The third-order valence-corrected chi connectivity index (χ3v) is 4.32. The molecule has 0 aliphatic heterocycles. The van der Waals surface area contributed by atoms with Crippen molar-refractivity contribution in [3.8, 4) is 0 Å². The van der Waals surface area contributed by atoms with E-state index in [1.807, 2.05) is 12.1 Å². The van der Waals surface area contributed by atoms with Crippen LogP contribution in [0.5, 0.6) is 0 Å². The van der Waals surface area contributed by atoms with Crippen molar-refractivity contribution in [3.05, 3.63) is 67.2 Å². The number of carbonyl (C=O) groups is 1. The van der Waals surface area contributed by atoms with Crippen LogP contribution in [0.25, 0.3) is 6.08 Å². The lowest BCUT2D eigenvalue weighted by Crippen LogP contribution is -2.09. The standard InChI is InChI=1S/C17H14Cl2INO/c1-2-11-9-14(20)6-7-16(11)21-17(22)8-4-12-3-5-13(18)10-15(12)19/h3-10H,2H2,1H3,(H,21,22). The highest BCUT2D eigenvalue weighted by Gasteiger charge is 2.05. The Labute approximate surface area is 153 Å². The first-order valence-electron chi connectivity index (χ1n) is 6.72. The average molecular weight is 446 g/mol. The monoisotopic (exact) mass is 445 g/mol. The van der Waals surface area contributed by atoms with Crippen molar-refractivity contribution in [1.82, 2.24) is 0 Å². The zero-order valence-electron chi connectivity index (χ0n) is 11.9. The van der Waals surface area contributed by atoms with Crippen molar-refractivity contribution < 1.29 is 4.79 Å². The third kappa shape index (κ3) is 4.73. The van der Waals surface area contributed by atoms with Crippen LogP contribution in [0.1, 0.15) is 18.1 Å². The fourth-order valence-corrected chi connectivity index (χ4v) is 2.98. The van der Waals surface area contributed by atoms with E-state index in [9.17, 15) is 4.79 Å². The third-order valence-electron chi connectivity index (χ3n) is 3.08. The van der Waals surface area contributed by atoms with E-state index >= 15 is 0 Å². The summed E-state index contributed by atoms with van der Waals surface area (Å²) in [4.78, 5) is 12.0. The van der Waals surface area contributed by atoms with Gasteiger partial charge in [-0.15, -0.1) is 0 Å². The number of amides is 1. The molecule has 0 saturated carbocycles. The number of halogens is 3. The molecule has 0 spiro atoms. The van der Waals surface area contributed by atoms with Crippen molar-refractivity contribution in [1.29, 1.82) is 0 Å². The zero-order chi connectivity index (χ0) is 16.1. The molecule has 1 N–H and O–H groups in total. The summed E-state index contributed by atoms with van der Waals surface area (Å²) in [5.74, 6) is -0.193. The molecule has 22 heavy (non-hydrogen) atoms. The van der Waals surface area contributed by atoms with Gasteiger partial charge in [-0.2, -0.15) is 0 Å². The molecule has 2 nitrogen and oxygen atoms in total. The van der Waals surface area contributed by atoms with Gasteiger partial charge < -0.3 is 5.32 Å². The molecular weight excluding hydrogens is 432 g/mol. The predicted molar refractivity (Wildman–Crippen MR) is 103 cm³/mol. The second-order valence-electron chi connectivity index (χ2n) is 4.64. The summed E-state index contributed by atoms with van der Waals surface area (Å²) in [6.45, 7) is 2.06. The molecular formula is C17H14Cl2INO. The van der Waals surface area contributed by atoms with Crippen molar-refractivity contribution >= 4 is 63.5 Å². The normalized spacial score (nSPS) is 10.9. The number of hydrogen-bond donors (Lipinski definition) is 1. The molecule has 2 aromatic rings. The molecule has 2 rings (SSSR count). The summed E-state index contributed by atoms with van der Waals surface area (Å²) in [6, 6.07) is 11.1. The number of carbonyl (C=O) groups excluding carboxylic acids is 1. The Morgan fingerprint density at radius 1 is 1.23 bits per heavy atom. The van der Waals surface area contributed by atoms with Gasteiger partial charge in [0.15, 0.2) is 0 Å². The number of anilines is 1. The summed E-state index contributed by atoms with van der Waals surface area (Å²) in [5, 5.41) is 3.97. The largest absolute Gasteiger partial charge is 0.322 e. The Balaban J connectivity index is 2.11. The van der Waals surface area contributed by atoms with Gasteiger partial charge in [-0.05, 0) is 76.5 Å². The van der Waals surface area contributed by atoms with E-state index in [2.05, 4.69) is 40.9 Å². The average Bonchev–Trinajstić information content (AvgIpc) is 2.48. The summed E-state index contributed by atoms with van der Waals surface area (Å²) in [7, 11) is 0. The quantitative estimate of drug-likeness (QED) is 0.466. The molecule has 0 atom stereocenters. The molecule has 2 aromatic carbocycles. The molecule has 0 aliphatic rings. The van der Waals surface area contributed by atoms with Crippen molar-refractivity contribution in [2.45, 2.75) is 13.3 Å². The molecule has 0 aromatic heterocycles. The fourth-order valence-electron chi connectivity index (χ4n) is 1.95. The highest BCUT2D eigenvalue weighted by atomic mass is 127. The van der Waals surface area contributed by atoms with Crippen LogP contribution in [0.15, 0.2) is 42.5 Å². The van der Waals surface area contributed by atoms with Crippen LogP contribution in [0.2, 0.25) is 10.0 Å². The summed E-state index contributed by atoms with van der Waals surface area (Å²) in [5.41, 5.74) is 2.69. The van der Waals surface area contributed by atoms with Crippen LogP contribution < -0.4 is 5.32 Å². The Morgan fingerprint density at radius 3 is 2.68 bits per heavy atom. The lowest BCUT2D eigenvalue weighted by atomic mass is 10.1. The molecule has 5 heteroatoms. The van der Waals surface area contributed by atoms with E-state index in [1.165, 1.54) is 6.08 Å². The molecule has 0 aliphatic carbocycles. The van der Waals surface area contributed by atoms with Gasteiger partial charge in [0.1, 0.15) is 0 Å². The second kappa shape index (κ2) is 7.99. The van der Waals surface area contributed by atoms with E-state index in [-0.39, 0.29) is 5.91 Å². The van der Waals surface area contributed by atoms with Gasteiger partial charge in [-0.25, -0.2) is 0 Å². The maximum atomic E-state index is 12.0. The first-order valence-corrected chi connectivity index (χ1v) is 8.55. The molecule has 0 fully saturated rings. The van der Waals surface area contributed by atoms with Gasteiger partial charge >= 0.3 is 0 Å². The van der Waals surface area contributed by atoms with Crippen LogP contribution in [0.4, 0.5) is 5.69 Å². The number of nitrogens with one attached hydrogen (secondary N) is 1. The van der Waals surface area contributed by atoms with Gasteiger partial charge in [0.25, 0.3) is 0 Å². The number of hydrogen-bond acceptors (Lipinski definition) is 1. The number of rotatable bonds is 4. The van der Waals surface area contributed by atoms with Crippen molar-refractivity contribution in [2.75, 3.05) is 5.32 Å². The minimum Gasteiger partial charge on any atom is -0.322 e. The van der Waals surface area contributed by atoms with Crippen molar-refractivity contribution in [2.24, 2.45) is 0 Å². The van der Waals surface area contributed by atoms with Crippen LogP contribution >= 0.6 is 45.8 Å². The Hall–Kier alpha value is -1.04. The maximum Gasteiger partial charge on any atom is 0.248 e. The highest BCUT2D eigenvalue weighted by molar-refractivity contribution is 14.1. The first kappa shape index (κ1) is 17.3. The minimum atomic E-state index is -0.193. The molecule has 0 unspecified atom stereocenters. The van der Waals surface area contributed by atoms with E-state index < -0.39 is 0 Å². The van der Waals surface area contributed by atoms with Crippen LogP contribution in [0, 0.1) is 3.57 Å². The first-order chi connectivity index (χ1) is 10.5. The van der Waals surface area contributed by atoms with Crippen LogP contribution in [0.3, 0.4) is 0 Å². The molecule has 0 bridgehead atoms. The fraction of sp³-hybridized carbons (Fsp3) is 0.118. The van der Waals surface area contributed by atoms with Gasteiger partial charge in [-0.3, -0.25) is 4.79 Å². The van der Waals surface area contributed by atoms with E-state index in [0.29, 0.717) is 10.0 Å². The van der Waals surface area contributed by atoms with E-state index in [1.54, 1.807) is 24.3 Å². The maximum absolute atomic E-state index is 12.0. The lowest BCUT2D eigenvalue weighted by molar-refractivity contribution is -0.111. The molecule has 1 amide bonds. The Morgan fingerprint density at radius 2 is 2.00 bits per heavy atom. The van der Waals surface area contributed by atoms with Crippen LogP contribution in [-0.2, 0) is 11.2 Å². The zero-order valence-corrected chi connectivity index (χ0v) is 15.5. The lowest BCUT2D eigenvalue weighted by Gasteiger charge is -2.08. The minimum absolute atomic E-state index is 0.193. The molecule has 0 heterocycles. The second-order valence-corrected chi connectivity index (χ2v) is 6.73. The topological polar surface area (TPSA) is 29.1 Å². The van der Waals surface area contributed by atoms with E-state index in [4.69, 9.17) is 23.2 Å². The Bertz CT molecular complexity index is 729. The molecule has 114 valence electrons. The van der Waals surface area contributed by atoms with Crippen LogP contribution in [-0.4, -0.2) is 5.91 Å². The van der Waals surface area contributed by atoms with Gasteiger partial charge in [-0.1, -0.05) is 36.2 Å². The van der Waals surface area contributed by atoms with Gasteiger partial charge in [0.2, 0.25) is 5.91 Å². The highest BCUT2D eigenvalue weighted by Crippen LogP contribution is 2.22. The Kier molecular flexibility index (Phi) is 6.29. The SMILES string of the molecule is CCc1cc(I)ccc1NC(=O)C=Cc1ccc(Cl)cc1Cl. The summed E-state index contributed by atoms with van der Waals surface area (Å²) >= 11 is 14.2. The number of benzene rings is 2. The summed E-state index contributed by atoms with van der Waals surface area (Å²) in [6.07, 6.45) is 4.00. The number of aryl methyl sites for hydroxylation is 1. The van der Waals surface area contributed by atoms with E-state index in [0.717, 1.165) is 26.8 Å². The molecule has 0 saturated heterocycles. The van der Waals surface area contributed by atoms with Gasteiger partial charge in [0.05, 0.1) is 0 Å². The van der Waals surface area contributed by atoms with Crippen molar-refractivity contribution in [3.63, 3.8) is 0 Å². The predicted octanol–water partition coefficient (Wildman–Crippen LogP) is 5.81. The molecule has 0 radical (unpaired) electrons. The van der Waals surface area contributed by atoms with Gasteiger partial charge in [0, 0.05) is 25.4 Å². The summed E-state index contributed by atoms with van der Waals surface area (Å²) < 4.78 is 1.15. The smallest absolute Gasteiger partial charge is 0.248 e.